The molecule has 432 valence electrons. The van der Waals surface area contributed by atoms with Crippen molar-refractivity contribution in [2.45, 2.75) is 156 Å². The normalized spacial score (nSPS) is 15.7. The molecule has 0 N–H and O–H groups in total. The topological polar surface area (TPSA) is 33.5 Å². The van der Waals surface area contributed by atoms with Crippen molar-refractivity contribution in [2.24, 2.45) is 0 Å². The van der Waals surface area contributed by atoms with Crippen molar-refractivity contribution in [3.05, 3.63) is 222 Å². The van der Waals surface area contributed by atoms with Crippen molar-refractivity contribution in [3.63, 3.8) is 0 Å². The second kappa shape index (κ2) is 21.1. The first-order valence-corrected chi connectivity index (χ1v) is 29.6. The Labute approximate surface area is 521 Å². The largest absolute Gasteiger partial charge is 0.509 e. The Kier molecular flexibility index (Phi) is 13.4. The maximum absolute atomic E-state index is 9.17. The zero-order valence-corrected chi connectivity index (χ0v) is 54.1. The summed E-state index contributed by atoms with van der Waals surface area (Å²) in [4.78, 5) is 9.37. The number of benzene rings is 8. The minimum Gasteiger partial charge on any atom is -0.509 e. The molecule has 6 heteroatoms. The van der Waals surface area contributed by atoms with Crippen molar-refractivity contribution < 1.29 is 31.3 Å². The molecular formula is C78H81N4OPt-3. The molecule has 0 saturated heterocycles. The van der Waals surface area contributed by atoms with Crippen molar-refractivity contribution in [3.8, 4) is 50.7 Å². The summed E-state index contributed by atoms with van der Waals surface area (Å²) in [5, 5.41) is 1.01. The SMILES string of the molecule is [2H]c1c([2H])c([2H])c2c(c1[2H])c1ccc(Oc3[c-]c(N4[CH-]N(c5c(-c6ccc(-c7ccc(C(C)(C)C)cc7C(C)(C)C)cc6)cc(C(C)(C)C)cc5-c5ccc6c(c5)C(C)(C)CCC6(C)C)c5ccccc54)ccc3)[c-]c1n2-c1cc(C(C)(C)C)ccn1.[Pt]. The molecule has 0 amide bonds. The molecule has 1 aliphatic carbocycles. The number of ether oxygens (including phenoxy) is 1. The van der Waals surface area contributed by atoms with E-state index in [2.05, 4.69) is 243 Å². The maximum atomic E-state index is 9.17. The van der Waals surface area contributed by atoms with E-state index in [0.29, 0.717) is 39.1 Å². The van der Waals surface area contributed by atoms with Gasteiger partial charge in [-0.2, -0.15) is 12.1 Å². The molecular weight excluding hydrogens is 1200 g/mol. The van der Waals surface area contributed by atoms with Gasteiger partial charge in [-0.15, -0.1) is 48.1 Å². The van der Waals surface area contributed by atoms with Crippen LogP contribution in [-0.2, 0) is 53.6 Å². The van der Waals surface area contributed by atoms with Gasteiger partial charge in [0.25, 0.3) is 0 Å². The standard InChI is InChI=1S/C78H81N4O.Pt/c1-73(2,3)53-33-35-59(65(45-53)76(10,11)12)50-28-30-51(31-29-50)62-43-55(75(7,8)9)44-63(52-32-37-64-66(42-52)78(15,16)40-39-77(64,13)14)72(62)81-49-80(68-26-19-20-27-69(68)81)56-22-21-23-57(47-56)83-58-34-36-61-60-24-17-18-25-67(60)82(70(61)48-58)71-46-54(38-41-79-71)74(4,5)6;/h17-38,41-46,49H,39-40H2,1-16H3;/q-3;/i17D,18D,24D,25D;. The second-order valence-electron chi connectivity index (χ2n) is 28.7. The Morgan fingerprint density at radius 3 is 1.79 bits per heavy atom. The van der Waals surface area contributed by atoms with E-state index in [1.165, 1.54) is 44.5 Å². The zero-order valence-electron chi connectivity index (χ0n) is 55.9. The number of nitrogens with zero attached hydrogens (tertiary/aromatic N) is 4. The Balaban J connectivity index is 0.00000800. The van der Waals surface area contributed by atoms with Crippen molar-refractivity contribution >= 4 is 44.6 Å². The van der Waals surface area contributed by atoms with Crippen LogP contribution in [-0.4, -0.2) is 9.55 Å². The summed E-state index contributed by atoms with van der Waals surface area (Å²) in [6, 6.07) is 56.9. The summed E-state index contributed by atoms with van der Waals surface area (Å²) in [5.74, 6) is 1.38. The van der Waals surface area contributed by atoms with Crippen LogP contribution in [0, 0.1) is 18.8 Å². The molecule has 10 aromatic rings. The number of pyridine rings is 1. The number of para-hydroxylation sites is 3. The average Bonchev–Trinajstić information content (AvgIpc) is 2.02. The van der Waals surface area contributed by atoms with Gasteiger partial charge in [0, 0.05) is 72.5 Å². The number of fused-ring (bicyclic) bond motifs is 5. The number of hydrogen-bond donors (Lipinski definition) is 0. The van der Waals surface area contributed by atoms with Crippen LogP contribution in [0.3, 0.4) is 0 Å². The molecule has 3 heterocycles. The molecule has 0 bridgehead atoms. The summed E-state index contributed by atoms with van der Waals surface area (Å²) >= 11 is 0. The summed E-state index contributed by atoms with van der Waals surface area (Å²) < 4.78 is 44.2. The molecule has 0 atom stereocenters. The van der Waals surface area contributed by atoms with Gasteiger partial charge < -0.3 is 19.1 Å². The van der Waals surface area contributed by atoms with E-state index in [1.807, 2.05) is 30.3 Å². The molecule has 12 rings (SSSR count). The molecule has 0 unspecified atom stereocenters. The second-order valence-corrected chi connectivity index (χ2v) is 28.7. The van der Waals surface area contributed by atoms with Gasteiger partial charge in [-0.3, -0.25) is 0 Å². The average molecular weight is 1290 g/mol. The van der Waals surface area contributed by atoms with Gasteiger partial charge in [0.15, 0.2) is 0 Å². The molecule has 5 nitrogen and oxygen atoms in total. The van der Waals surface area contributed by atoms with Gasteiger partial charge >= 0.3 is 0 Å². The predicted octanol–water partition coefficient (Wildman–Crippen LogP) is 21.5. The molecule has 84 heavy (non-hydrogen) atoms. The van der Waals surface area contributed by atoms with Gasteiger partial charge in [-0.25, -0.2) is 4.98 Å². The fourth-order valence-electron chi connectivity index (χ4n) is 12.4. The first-order valence-electron chi connectivity index (χ1n) is 31.6. The summed E-state index contributed by atoms with van der Waals surface area (Å²) in [6.07, 6.45) is 4.00. The third-order valence-electron chi connectivity index (χ3n) is 17.6. The van der Waals surface area contributed by atoms with Crippen LogP contribution in [0.2, 0.25) is 0 Å². The first-order chi connectivity index (χ1) is 40.8. The maximum Gasteiger partial charge on any atom is 0.135 e. The number of hydrogen-bond acceptors (Lipinski definition) is 4. The van der Waals surface area contributed by atoms with E-state index in [9.17, 15) is 0 Å². The molecule has 2 aliphatic rings. The Morgan fingerprint density at radius 2 is 1.12 bits per heavy atom. The van der Waals surface area contributed by atoms with Crippen LogP contribution < -0.4 is 14.5 Å². The summed E-state index contributed by atoms with van der Waals surface area (Å²) in [7, 11) is 0. The van der Waals surface area contributed by atoms with Crippen molar-refractivity contribution in [2.75, 3.05) is 9.80 Å². The fraction of sp³-hybridized carbons (Fsp3) is 0.308. The minimum atomic E-state index is -0.312. The van der Waals surface area contributed by atoms with Gasteiger partial charge in [-0.05, 0) is 149 Å². The molecule has 0 radical (unpaired) electrons. The van der Waals surface area contributed by atoms with Gasteiger partial charge in [0.05, 0.1) is 5.48 Å². The van der Waals surface area contributed by atoms with E-state index in [4.69, 9.17) is 15.2 Å². The Morgan fingerprint density at radius 1 is 0.524 bits per heavy atom. The predicted molar refractivity (Wildman–Crippen MR) is 351 cm³/mol. The minimum absolute atomic E-state index is 0. The van der Waals surface area contributed by atoms with Crippen molar-refractivity contribution in [1.29, 1.82) is 0 Å². The van der Waals surface area contributed by atoms with Crippen LogP contribution >= 0.6 is 0 Å². The van der Waals surface area contributed by atoms with E-state index >= 15 is 0 Å². The van der Waals surface area contributed by atoms with E-state index < -0.39 is 0 Å². The molecule has 0 spiro atoms. The quantitative estimate of drug-likeness (QED) is 0.142. The fourth-order valence-corrected chi connectivity index (χ4v) is 12.4. The van der Waals surface area contributed by atoms with E-state index in [-0.39, 0.29) is 77.7 Å². The monoisotopic (exact) mass is 1290 g/mol. The zero-order chi connectivity index (χ0) is 62.2. The molecule has 8 aromatic carbocycles. The molecule has 1 aliphatic heterocycles. The summed E-state index contributed by atoms with van der Waals surface area (Å²) in [5.41, 5.74) is 19.2. The van der Waals surface area contributed by atoms with Crippen LogP contribution in [0.25, 0.3) is 61.0 Å². The smallest absolute Gasteiger partial charge is 0.135 e. The summed E-state index contributed by atoms with van der Waals surface area (Å²) in [6.45, 7) is 39.0. The molecule has 0 fully saturated rings. The Hall–Kier alpha value is -7.20. The van der Waals surface area contributed by atoms with Crippen LogP contribution in [0.15, 0.2) is 170 Å². The number of rotatable bonds is 8. The van der Waals surface area contributed by atoms with E-state index in [0.717, 1.165) is 57.8 Å². The number of anilines is 4. The van der Waals surface area contributed by atoms with Crippen LogP contribution in [0.4, 0.5) is 22.7 Å². The molecule has 0 saturated carbocycles. The van der Waals surface area contributed by atoms with E-state index in [1.54, 1.807) is 16.8 Å². The molecule has 2 aromatic heterocycles. The number of aromatic nitrogens is 2. The third kappa shape index (κ3) is 10.7. The van der Waals surface area contributed by atoms with Crippen molar-refractivity contribution in [1.82, 2.24) is 9.55 Å². The van der Waals surface area contributed by atoms with Crippen LogP contribution in [0.1, 0.15) is 162 Å². The van der Waals surface area contributed by atoms with Crippen LogP contribution in [0.5, 0.6) is 11.5 Å². The van der Waals surface area contributed by atoms with Gasteiger partial charge in [0.1, 0.15) is 5.82 Å². The van der Waals surface area contributed by atoms with Gasteiger partial charge in [0.2, 0.25) is 0 Å². The Bertz CT molecular complexity index is 4400. The first kappa shape index (κ1) is 53.5. The third-order valence-corrected chi connectivity index (χ3v) is 17.6. The van der Waals surface area contributed by atoms with Gasteiger partial charge in [-0.1, -0.05) is 207 Å².